The molecule has 1 fully saturated rings. The van der Waals surface area contributed by atoms with Gasteiger partial charge in [-0.15, -0.1) is 5.10 Å². The van der Waals surface area contributed by atoms with Gasteiger partial charge in [0.25, 0.3) is 0 Å². The van der Waals surface area contributed by atoms with E-state index in [1.165, 1.54) is 0 Å². The van der Waals surface area contributed by atoms with Gasteiger partial charge in [-0.3, -0.25) is 4.79 Å². The summed E-state index contributed by atoms with van der Waals surface area (Å²) in [5.74, 6) is 1.23. The number of nitrogens with zero attached hydrogens (tertiary/aromatic N) is 4. The summed E-state index contributed by atoms with van der Waals surface area (Å²) in [5, 5.41) is 7.97. The zero-order chi connectivity index (χ0) is 24.4. The van der Waals surface area contributed by atoms with E-state index in [-0.39, 0.29) is 18.4 Å². The van der Waals surface area contributed by atoms with Crippen LogP contribution in [0, 0.1) is 0 Å². The summed E-state index contributed by atoms with van der Waals surface area (Å²) in [6.07, 6.45) is 5.70. The van der Waals surface area contributed by atoms with Gasteiger partial charge < -0.3 is 19.7 Å². The van der Waals surface area contributed by atoms with E-state index < -0.39 is 5.54 Å². The minimum atomic E-state index is -0.513. The Labute approximate surface area is 208 Å². The molecular weight excluding hydrogens is 466 g/mol. The Balaban J connectivity index is 1.30. The number of rotatable bonds is 6. The Kier molecular flexibility index (Phi) is 6.64. The minimum Gasteiger partial charge on any atom is -0.497 e. The van der Waals surface area contributed by atoms with E-state index in [0.717, 1.165) is 58.9 Å². The molecule has 1 aliphatic heterocycles. The fourth-order valence-corrected chi connectivity index (χ4v) is 6.21. The second-order valence-electron chi connectivity index (χ2n) is 9.25. The van der Waals surface area contributed by atoms with Crippen LogP contribution in [0.4, 0.5) is 4.79 Å². The molecule has 2 aromatic heterocycles. The van der Waals surface area contributed by atoms with Gasteiger partial charge in [-0.25, -0.2) is 9.31 Å². The van der Waals surface area contributed by atoms with Crippen LogP contribution < -0.4 is 10.1 Å². The monoisotopic (exact) mass is 497 g/mol. The Morgan fingerprint density at radius 1 is 1.17 bits per heavy atom. The van der Waals surface area contributed by atoms with Gasteiger partial charge in [0.2, 0.25) is 4.96 Å². The first-order chi connectivity index (χ1) is 17.0. The molecule has 0 spiro atoms. The molecule has 186 valence electrons. The predicted molar refractivity (Wildman–Crippen MR) is 133 cm³/mol. The molecular formula is C25H31N5O4S. The molecule has 35 heavy (non-hydrogen) atoms. The Morgan fingerprint density at radius 2 is 1.94 bits per heavy atom. The van der Waals surface area contributed by atoms with Crippen molar-refractivity contribution < 1.29 is 19.1 Å². The van der Waals surface area contributed by atoms with E-state index in [0.29, 0.717) is 31.9 Å². The van der Waals surface area contributed by atoms with Crippen LogP contribution in [-0.2, 0) is 22.5 Å². The molecule has 1 aliphatic carbocycles. The van der Waals surface area contributed by atoms with Crippen LogP contribution in [-0.4, -0.2) is 57.3 Å². The number of methoxy groups -OCH3 is 1. The maximum Gasteiger partial charge on any atom is 0.318 e. The van der Waals surface area contributed by atoms with Crippen LogP contribution in [0.15, 0.2) is 24.3 Å². The second-order valence-corrected chi connectivity index (χ2v) is 10.3. The molecule has 3 aromatic rings. The van der Waals surface area contributed by atoms with Crippen molar-refractivity contribution in [2.45, 2.75) is 64.0 Å². The molecule has 3 heterocycles. The average Bonchev–Trinajstić information content (AvgIpc) is 3.42. The molecule has 1 aromatic carbocycles. The summed E-state index contributed by atoms with van der Waals surface area (Å²) in [4.78, 5) is 34.0. The SMILES string of the molecule is CCOC(=O)CC1(NC(=O)N2CCc3c(sc4nc(-c5ccc(OC)cc5)nn34)C2)CCCCC1. The highest BCUT2D eigenvalue weighted by molar-refractivity contribution is 7.17. The lowest BCUT2D eigenvalue weighted by atomic mass is 9.79. The standard InChI is InChI=1S/C25H31N5O4S/c1-3-34-21(31)15-25(12-5-4-6-13-25)27-23(32)29-14-11-19-20(16-29)35-24-26-22(28-30(19)24)17-7-9-18(33-2)10-8-17/h7-10H,3-6,11-16H2,1-2H3,(H,27,32). The Hall–Kier alpha value is -3.14. The van der Waals surface area contributed by atoms with Crippen LogP contribution >= 0.6 is 11.3 Å². The van der Waals surface area contributed by atoms with Crippen LogP contribution in [0.5, 0.6) is 5.75 Å². The number of amides is 2. The number of urea groups is 1. The molecule has 10 heteroatoms. The number of benzene rings is 1. The molecule has 0 atom stereocenters. The highest BCUT2D eigenvalue weighted by Gasteiger charge is 2.38. The van der Waals surface area contributed by atoms with E-state index in [1.54, 1.807) is 18.4 Å². The number of ether oxygens (including phenoxy) is 2. The van der Waals surface area contributed by atoms with Crippen molar-refractivity contribution in [1.82, 2.24) is 24.8 Å². The maximum absolute atomic E-state index is 13.3. The third-order valence-electron chi connectivity index (χ3n) is 6.93. The smallest absolute Gasteiger partial charge is 0.318 e. The van der Waals surface area contributed by atoms with Crippen molar-refractivity contribution in [3.63, 3.8) is 0 Å². The summed E-state index contributed by atoms with van der Waals surface area (Å²) in [5.41, 5.74) is 1.53. The van der Waals surface area contributed by atoms with Gasteiger partial charge in [0.15, 0.2) is 5.82 Å². The summed E-state index contributed by atoms with van der Waals surface area (Å²) < 4.78 is 12.3. The van der Waals surface area contributed by atoms with Crippen LogP contribution in [0.1, 0.15) is 56.0 Å². The second kappa shape index (κ2) is 9.85. The molecule has 9 nitrogen and oxygen atoms in total. The molecule has 2 aliphatic rings. The van der Waals surface area contributed by atoms with E-state index in [4.69, 9.17) is 19.6 Å². The van der Waals surface area contributed by atoms with Crippen molar-refractivity contribution in [3.05, 3.63) is 34.8 Å². The van der Waals surface area contributed by atoms with E-state index in [2.05, 4.69) is 5.32 Å². The lowest BCUT2D eigenvalue weighted by Gasteiger charge is -2.39. The zero-order valence-corrected chi connectivity index (χ0v) is 21.0. The minimum absolute atomic E-state index is 0.111. The summed E-state index contributed by atoms with van der Waals surface area (Å²) in [6.45, 7) is 3.27. The lowest BCUT2D eigenvalue weighted by Crippen LogP contribution is -2.55. The number of thiazole rings is 1. The van der Waals surface area contributed by atoms with Gasteiger partial charge >= 0.3 is 12.0 Å². The molecule has 0 bridgehead atoms. The van der Waals surface area contributed by atoms with E-state index in [9.17, 15) is 9.59 Å². The van der Waals surface area contributed by atoms with Gasteiger partial charge in [-0.1, -0.05) is 30.6 Å². The highest BCUT2D eigenvalue weighted by atomic mass is 32.1. The van der Waals surface area contributed by atoms with Gasteiger partial charge in [-0.05, 0) is 44.0 Å². The average molecular weight is 498 g/mol. The predicted octanol–water partition coefficient (Wildman–Crippen LogP) is 4.19. The van der Waals surface area contributed by atoms with Crippen LogP contribution in [0.2, 0.25) is 0 Å². The lowest BCUT2D eigenvalue weighted by molar-refractivity contribution is -0.145. The third-order valence-corrected chi connectivity index (χ3v) is 7.99. The normalized spacial score (nSPS) is 17.1. The third kappa shape index (κ3) is 4.84. The maximum atomic E-state index is 13.3. The first-order valence-corrected chi connectivity index (χ1v) is 13.1. The van der Waals surface area contributed by atoms with E-state index >= 15 is 0 Å². The number of esters is 1. The van der Waals surface area contributed by atoms with Gasteiger partial charge in [0.05, 0.1) is 37.9 Å². The number of carbonyl (C=O) groups is 2. The van der Waals surface area contributed by atoms with Crippen molar-refractivity contribution in [1.29, 1.82) is 0 Å². The van der Waals surface area contributed by atoms with Crippen molar-refractivity contribution in [3.8, 4) is 17.1 Å². The van der Waals surface area contributed by atoms with Gasteiger partial charge in [-0.2, -0.15) is 4.98 Å². The zero-order valence-electron chi connectivity index (χ0n) is 20.2. The quantitative estimate of drug-likeness (QED) is 0.513. The van der Waals surface area contributed by atoms with Crippen molar-refractivity contribution in [2.24, 2.45) is 0 Å². The summed E-state index contributed by atoms with van der Waals surface area (Å²) >= 11 is 1.58. The first kappa shape index (κ1) is 23.6. The number of hydrogen-bond acceptors (Lipinski definition) is 7. The first-order valence-electron chi connectivity index (χ1n) is 12.2. The molecule has 0 saturated heterocycles. The molecule has 0 unspecified atom stereocenters. The van der Waals surface area contributed by atoms with E-state index in [1.807, 2.05) is 40.6 Å². The van der Waals surface area contributed by atoms with Crippen molar-refractivity contribution in [2.75, 3.05) is 20.3 Å². The largest absolute Gasteiger partial charge is 0.497 e. The van der Waals surface area contributed by atoms with Crippen LogP contribution in [0.25, 0.3) is 16.3 Å². The van der Waals surface area contributed by atoms with Crippen LogP contribution in [0.3, 0.4) is 0 Å². The molecule has 0 radical (unpaired) electrons. The van der Waals surface area contributed by atoms with Gasteiger partial charge in [0.1, 0.15) is 5.75 Å². The fraction of sp³-hybridized carbons (Fsp3) is 0.520. The Bertz CT molecular complexity index is 1210. The number of hydrogen-bond donors (Lipinski definition) is 1. The number of nitrogens with one attached hydrogen (secondary N) is 1. The molecule has 2 amide bonds. The fourth-order valence-electron chi connectivity index (χ4n) is 5.09. The number of fused-ring (bicyclic) bond motifs is 3. The summed E-state index contributed by atoms with van der Waals surface area (Å²) in [6, 6.07) is 7.59. The number of carbonyl (C=O) groups excluding carboxylic acids is 2. The Morgan fingerprint density at radius 3 is 2.66 bits per heavy atom. The summed E-state index contributed by atoms with van der Waals surface area (Å²) in [7, 11) is 1.64. The van der Waals surface area contributed by atoms with Crippen molar-refractivity contribution >= 4 is 28.3 Å². The topological polar surface area (TPSA) is 98.1 Å². The molecule has 5 rings (SSSR count). The number of aromatic nitrogens is 3. The molecule has 1 saturated carbocycles. The highest BCUT2D eigenvalue weighted by Crippen LogP contribution is 2.33. The van der Waals surface area contributed by atoms with Gasteiger partial charge in [0, 0.05) is 23.4 Å². The molecule has 1 N–H and O–H groups in total.